The average molecular weight is 361 g/mol. The molecule has 1 aromatic rings. The Morgan fingerprint density at radius 2 is 1.96 bits per heavy atom. The lowest BCUT2D eigenvalue weighted by atomic mass is 10.1. The summed E-state index contributed by atoms with van der Waals surface area (Å²) in [6.07, 6.45) is 2.63. The Kier molecular flexibility index (Phi) is 5.12. The molecule has 0 spiro atoms. The topological polar surface area (TPSA) is 109 Å². The molecule has 0 saturated carbocycles. The molecule has 1 fully saturated rings. The van der Waals surface area contributed by atoms with Crippen LogP contribution < -0.4 is 0 Å². The summed E-state index contributed by atoms with van der Waals surface area (Å²) >= 11 is 0. The van der Waals surface area contributed by atoms with Gasteiger partial charge in [-0.05, 0) is 37.0 Å². The highest BCUT2D eigenvalue weighted by atomic mass is 32.2. The first-order valence-corrected chi connectivity index (χ1v) is 10.6. The first kappa shape index (κ1) is 17.9. The molecular formula is C14H19NO6S2. The fourth-order valence-electron chi connectivity index (χ4n) is 2.64. The second-order valence-corrected chi connectivity index (χ2v) is 9.57. The molecule has 1 atom stereocenters. The van der Waals surface area contributed by atoms with Crippen molar-refractivity contribution in [2.24, 2.45) is 0 Å². The highest BCUT2D eigenvalue weighted by Crippen LogP contribution is 2.24. The fourth-order valence-corrected chi connectivity index (χ4v) is 5.09. The Bertz CT molecular complexity index is 800. The number of benzene rings is 1. The van der Waals surface area contributed by atoms with Crippen molar-refractivity contribution < 1.29 is 26.7 Å². The molecule has 1 heterocycles. The number of carboxylic acid groups (broad SMARTS) is 1. The molecule has 0 bridgehead atoms. The highest BCUT2D eigenvalue weighted by Gasteiger charge is 2.36. The zero-order valence-corrected chi connectivity index (χ0v) is 14.3. The van der Waals surface area contributed by atoms with E-state index in [2.05, 4.69) is 0 Å². The fraction of sp³-hybridized carbons (Fsp3) is 0.500. The summed E-state index contributed by atoms with van der Waals surface area (Å²) in [7, 11) is -7.27. The second-order valence-electron chi connectivity index (χ2n) is 5.64. The smallest absolute Gasteiger partial charge is 0.322 e. The number of piperidine rings is 1. The molecule has 1 aliphatic rings. The van der Waals surface area contributed by atoms with Gasteiger partial charge in [0.05, 0.1) is 10.6 Å². The van der Waals surface area contributed by atoms with Gasteiger partial charge in [0, 0.05) is 12.8 Å². The van der Waals surface area contributed by atoms with Gasteiger partial charge >= 0.3 is 5.97 Å². The Labute approximate surface area is 135 Å². The Hall–Kier alpha value is -1.45. The number of carbonyl (C=O) groups is 1. The summed E-state index contributed by atoms with van der Waals surface area (Å²) in [5, 5.41) is 9.20. The summed E-state index contributed by atoms with van der Waals surface area (Å²) in [5.41, 5.74) is 0.322. The van der Waals surface area contributed by atoms with Gasteiger partial charge in [0.2, 0.25) is 10.0 Å². The highest BCUT2D eigenvalue weighted by molar-refractivity contribution is 7.90. The van der Waals surface area contributed by atoms with Crippen LogP contribution >= 0.6 is 0 Å². The van der Waals surface area contributed by atoms with Crippen LogP contribution in [0, 0.1) is 0 Å². The third-order valence-electron chi connectivity index (χ3n) is 3.77. The van der Waals surface area contributed by atoms with Crippen LogP contribution in [0.25, 0.3) is 0 Å². The second kappa shape index (κ2) is 6.58. The van der Waals surface area contributed by atoms with Crippen molar-refractivity contribution in [1.82, 2.24) is 4.31 Å². The zero-order chi connectivity index (χ0) is 17.3. The van der Waals surface area contributed by atoms with Gasteiger partial charge in [-0.2, -0.15) is 4.31 Å². The van der Waals surface area contributed by atoms with Gasteiger partial charge in [-0.3, -0.25) is 4.79 Å². The van der Waals surface area contributed by atoms with E-state index < -0.39 is 37.6 Å². The van der Waals surface area contributed by atoms with Crippen molar-refractivity contribution in [1.29, 1.82) is 0 Å². The summed E-state index contributed by atoms with van der Waals surface area (Å²) in [6, 6.07) is 4.66. The van der Waals surface area contributed by atoms with Crippen molar-refractivity contribution in [2.45, 2.75) is 36.0 Å². The van der Waals surface area contributed by atoms with E-state index in [1.165, 1.54) is 24.3 Å². The molecule has 1 unspecified atom stereocenters. The lowest BCUT2D eigenvalue weighted by molar-refractivity contribution is -0.142. The molecule has 0 amide bonds. The van der Waals surface area contributed by atoms with E-state index in [4.69, 9.17) is 0 Å². The molecule has 1 N–H and O–H groups in total. The maximum atomic E-state index is 12.5. The number of carboxylic acids is 1. The maximum Gasteiger partial charge on any atom is 0.322 e. The van der Waals surface area contributed by atoms with Crippen molar-refractivity contribution >= 4 is 25.8 Å². The minimum absolute atomic E-state index is 0.0404. The first-order valence-electron chi connectivity index (χ1n) is 7.12. The summed E-state index contributed by atoms with van der Waals surface area (Å²) in [4.78, 5) is 11.3. The van der Waals surface area contributed by atoms with E-state index in [0.29, 0.717) is 18.4 Å². The van der Waals surface area contributed by atoms with Crippen LogP contribution in [0.2, 0.25) is 0 Å². The van der Waals surface area contributed by atoms with Crippen LogP contribution in [0.1, 0.15) is 24.8 Å². The summed E-state index contributed by atoms with van der Waals surface area (Å²) in [6.45, 7) is 0.172. The summed E-state index contributed by atoms with van der Waals surface area (Å²) < 4.78 is 49.2. The first-order chi connectivity index (χ1) is 10.6. The number of sulfonamides is 1. The number of aliphatic carboxylic acids is 1. The average Bonchev–Trinajstić information content (AvgIpc) is 2.46. The van der Waals surface area contributed by atoms with E-state index in [1.54, 1.807) is 0 Å². The lowest BCUT2D eigenvalue weighted by Crippen LogP contribution is -2.48. The minimum Gasteiger partial charge on any atom is -0.480 e. The van der Waals surface area contributed by atoms with Crippen LogP contribution in [0.4, 0.5) is 0 Å². The van der Waals surface area contributed by atoms with E-state index in [1.807, 2.05) is 0 Å². The third kappa shape index (κ3) is 4.30. The van der Waals surface area contributed by atoms with Crippen LogP contribution in [-0.2, 0) is 30.4 Å². The van der Waals surface area contributed by atoms with Crippen molar-refractivity contribution in [2.75, 3.05) is 12.8 Å². The third-order valence-corrected chi connectivity index (χ3v) is 6.73. The lowest BCUT2D eigenvalue weighted by Gasteiger charge is -2.31. The number of nitrogens with zero attached hydrogens (tertiary/aromatic N) is 1. The predicted octanol–water partition coefficient (Wildman–Crippen LogP) is 0.859. The molecule has 1 aliphatic heterocycles. The maximum absolute atomic E-state index is 12.5. The van der Waals surface area contributed by atoms with Crippen LogP contribution in [0.15, 0.2) is 29.2 Å². The Balaban J connectivity index is 2.29. The Morgan fingerprint density at radius 1 is 1.26 bits per heavy atom. The number of sulfone groups is 1. The Morgan fingerprint density at radius 3 is 2.57 bits per heavy atom. The molecule has 0 radical (unpaired) electrons. The van der Waals surface area contributed by atoms with Gasteiger partial charge in [0.25, 0.3) is 0 Å². The van der Waals surface area contributed by atoms with Gasteiger partial charge in [0.1, 0.15) is 6.04 Å². The standard InChI is InChI=1S/C14H19NO6S2/c1-22(18,19)12-6-4-5-11(9-12)10-23(20,21)15-8-3-2-7-13(15)14(16)17/h4-6,9,13H,2-3,7-8,10H2,1H3,(H,16,17). The SMILES string of the molecule is CS(=O)(=O)c1cccc(CS(=O)(=O)N2CCCCC2C(=O)O)c1. The van der Waals surface area contributed by atoms with E-state index in [-0.39, 0.29) is 17.9 Å². The number of hydrogen-bond acceptors (Lipinski definition) is 5. The molecule has 0 aliphatic carbocycles. The van der Waals surface area contributed by atoms with Crippen LogP contribution in [-0.4, -0.2) is 51.1 Å². The van der Waals surface area contributed by atoms with Crippen molar-refractivity contribution in [3.05, 3.63) is 29.8 Å². The van der Waals surface area contributed by atoms with Gasteiger partial charge in [-0.15, -0.1) is 0 Å². The van der Waals surface area contributed by atoms with Crippen molar-refractivity contribution in [3.8, 4) is 0 Å². The van der Waals surface area contributed by atoms with Crippen LogP contribution in [0.3, 0.4) is 0 Å². The summed E-state index contributed by atoms with van der Waals surface area (Å²) in [5.74, 6) is -1.57. The predicted molar refractivity (Wildman–Crippen MR) is 84.2 cm³/mol. The molecule has 23 heavy (non-hydrogen) atoms. The zero-order valence-electron chi connectivity index (χ0n) is 12.7. The van der Waals surface area contributed by atoms with Gasteiger partial charge < -0.3 is 5.11 Å². The molecule has 2 rings (SSSR count). The van der Waals surface area contributed by atoms with E-state index >= 15 is 0 Å². The number of rotatable bonds is 5. The molecule has 0 aromatic heterocycles. The molecule has 7 nitrogen and oxygen atoms in total. The minimum atomic E-state index is -3.84. The van der Waals surface area contributed by atoms with Crippen molar-refractivity contribution in [3.63, 3.8) is 0 Å². The quantitative estimate of drug-likeness (QED) is 0.833. The molecule has 1 saturated heterocycles. The molecule has 128 valence electrons. The molecular weight excluding hydrogens is 342 g/mol. The van der Waals surface area contributed by atoms with Gasteiger partial charge in [0.15, 0.2) is 9.84 Å². The van der Waals surface area contributed by atoms with E-state index in [9.17, 15) is 26.7 Å². The normalized spacial score (nSPS) is 20.3. The monoisotopic (exact) mass is 361 g/mol. The largest absolute Gasteiger partial charge is 0.480 e. The number of hydrogen-bond donors (Lipinski definition) is 1. The van der Waals surface area contributed by atoms with Crippen LogP contribution in [0.5, 0.6) is 0 Å². The molecule has 1 aromatic carbocycles. The van der Waals surface area contributed by atoms with E-state index in [0.717, 1.165) is 10.6 Å². The molecule has 9 heteroatoms. The van der Waals surface area contributed by atoms with Gasteiger partial charge in [-0.1, -0.05) is 12.1 Å². The van der Waals surface area contributed by atoms with Gasteiger partial charge in [-0.25, -0.2) is 16.8 Å².